The quantitative estimate of drug-likeness (QED) is 0.836. The van der Waals surface area contributed by atoms with E-state index in [1.54, 1.807) is 12.1 Å². The van der Waals surface area contributed by atoms with Crippen molar-refractivity contribution in [3.63, 3.8) is 0 Å². The largest absolute Gasteiger partial charge is 0.395 e. The predicted molar refractivity (Wildman–Crippen MR) is 64.1 cm³/mol. The molecule has 0 aliphatic carbocycles. The molecule has 2 N–H and O–H groups in total. The molecule has 0 bridgehead atoms. The van der Waals surface area contributed by atoms with Crippen LogP contribution in [0.15, 0.2) is 18.2 Å². The minimum atomic E-state index is -0.410. The second kappa shape index (κ2) is 6.18. The number of aliphatic hydroxyl groups is 1. The number of benzene rings is 1. The van der Waals surface area contributed by atoms with Crippen molar-refractivity contribution in [2.24, 2.45) is 0 Å². The molecule has 0 saturated carbocycles. The van der Waals surface area contributed by atoms with Gasteiger partial charge in [0.25, 0.3) is 0 Å². The van der Waals surface area contributed by atoms with Crippen LogP contribution in [0.2, 0.25) is 5.02 Å². The minimum absolute atomic E-state index is 0.0372. The average Bonchev–Trinajstić information content (AvgIpc) is 2.29. The molecule has 0 aliphatic rings. The van der Waals surface area contributed by atoms with Gasteiger partial charge in [-0.25, -0.2) is 4.39 Å². The summed E-state index contributed by atoms with van der Waals surface area (Å²) in [6.07, 6.45) is 0.843. The molecule has 0 saturated heterocycles. The zero-order chi connectivity index (χ0) is 12.1. The fraction of sp³-hybridized carbons (Fsp3) is 0.500. The van der Waals surface area contributed by atoms with Crippen molar-refractivity contribution in [2.75, 3.05) is 6.61 Å². The van der Waals surface area contributed by atoms with E-state index in [4.69, 9.17) is 16.7 Å². The van der Waals surface area contributed by atoms with Crippen LogP contribution < -0.4 is 5.32 Å². The zero-order valence-corrected chi connectivity index (χ0v) is 10.3. The maximum absolute atomic E-state index is 13.0. The Morgan fingerprint density at radius 1 is 1.50 bits per heavy atom. The van der Waals surface area contributed by atoms with Crippen LogP contribution in [0.4, 0.5) is 4.39 Å². The lowest BCUT2D eigenvalue weighted by Crippen LogP contribution is -2.33. The molecular weight excluding hydrogens is 229 g/mol. The lowest BCUT2D eigenvalue weighted by Gasteiger charge is -2.21. The van der Waals surface area contributed by atoms with Crippen LogP contribution in [-0.4, -0.2) is 17.8 Å². The normalized spacial score (nSPS) is 14.8. The fourth-order valence-electron chi connectivity index (χ4n) is 1.53. The Bertz CT molecular complexity index is 342. The summed E-state index contributed by atoms with van der Waals surface area (Å²) in [7, 11) is 0. The van der Waals surface area contributed by atoms with Gasteiger partial charge in [-0.05, 0) is 31.0 Å². The van der Waals surface area contributed by atoms with Gasteiger partial charge in [-0.1, -0.05) is 24.6 Å². The van der Waals surface area contributed by atoms with Gasteiger partial charge in [0, 0.05) is 12.1 Å². The molecule has 0 radical (unpaired) electrons. The first kappa shape index (κ1) is 13.4. The second-order valence-electron chi connectivity index (χ2n) is 3.85. The summed E-state index contributed by atoms with van der Waals surface area (Å²) in [5.74, 6) is -0.410. The molecule has 2 atom stereocenters. The molecule has 2 unspecified atom stereocenters. The van der Waals surface area contributed by atoms with Crippen LogP contribution in [0.1, 0.15) is 31.9 Å². The summed E-state index contributed by atoms with van der Waals surface area (Å²) in [6, 6.07) is 4.76. The molecule has 16 heavy (non-hydrogen) atoms. The Morgan fingerprint density at radius 3 is 2.69 bits per heavy atom. The standard InChI is InChI=1S/C12H17ClFNO/c1-3-10(7-16)15-8(2)9-4-5-12(14)11(13)6-9/h4-6,8,10,15-16H,3,7H2,1-2H3. The van der Waals surface area contributed by atoms with Crippen LogP contribution in [0, 0.1) is 5.82 Å². The van der Waals surface area contributed by atoms with Gasteiger partial charge in [0.15, 0.2) is 0 Å². The van der Waals surface area contributed by atoms with Gasteiger partial charge >= 0.3 is 0 Å². The summed E-state index contributed by atoms with van der Waals surface area (Å²) in [5.41, 5.74) is 0.915. The van der Waals surface area contributed by atoms with E-state index in [1.165, 1.54) is 6.07 Å². The Morgan fingerprint density at radius 2 is 2.19 bits per heavy atom. The molecule has 0 heterocycles. The third kappa shape index (κ3) is 3.44. The van der Waals surface area contributed by atoms with Gasteiger partial charge in [-0.2, -0.15) is 0 Å². The zero-order valence-electron chi connectivity index (χ0n) is 9.50. The molecule has 1 aromatic carbocycles. The van der Waals surface area contributed by atoms with Crippen molar-refractivity contribution in [1.29, 1.82) is 0 Å². The lowest BCUT2D eigenvalue weighted by atomic mass is 10.1. The van der Waals surface area contributed by atoms with Gasteiger partial charge in [-0.15, -0.1) is 0 Å². The first-order chi connectivity index (χ1) is 7.58. The minimum Gasteiger partial charge on any atom is -0.395 e. The summed E-state index contributed by atoms with van der Waals surface area (Å²) in [5, 5.41) is 12.4. The molecule has 0 fully saturated rings. The van der Waals surface area contributed by atoms with Crippen LogP contribution in [0.5, 0.6) is 0 Å². The third-order valence-electron chi connectivity index (χ3n) is 2.64. The number of hydrogen-bond donors (Lipinski definition) is 2. The molecular formula is C12H17ClFNO. The van der Waals surface area contributed by atoms with Crippen LogP contribution in [-0.2, 0) is 0 Å². The second-order valence-corrected chi connectivity index (χ2v) is 4.26. The van der Waals surface area contributed by atoms with Crippen LogP contribution in [0.3, 0.4) is 0 Å². The highest BCUT2D eigenvalue weighted by Crippen LogP contribution is 2.21. The Kier molecular flexibility index (Phi) is 5.19. The Hall–Kier alpha value is -0.640. The van der Waals surface area contributed by atoms with Crippen molar-refractivity contribution in [3.05, 3.63) is 34.6 Å². The van der Waals surface area contributed by atoms with Gasteiger partial charge < -0.3 is 10.4 Å². The molecule has 0 aromatic heterocycles. The van der Waals surface area contributed by atoms with Crippen molar-refractivity contribution in [1.82, 2.24) is 5.32 Å². The van der Waals surface area contributed by atoms with Gasteiger partial charge in [0.05, 0.1) is 11.6 Å². The van der Waals surface area contributed by atoms with E-state index in [-0.39, 0.29) is 23.7 Å². The van der Waals surface area contributed by atoms with E-state index in [1.807, 2.05) is 13.8 Å². The maximum Gasteiger partial charge on any atom is 0.141 e. The summed E-state index contributed by atoms with van der Waals surface area (Å²) >= 11 is 5.71. The first-order valence-electron chi connectivity index (χ1n) is 5.40. The van der Waals surface area contributed by atoms with Crippen molar-refractivity contribution < 1.29 is 9.50 Å². The monoisotopic (exact) mass is 245 g/mol. The van der Waals surface area contributed by atoms with Gasteiger partial charge in [0.1, 0.15) is 5.82 Å². The topological polar surface area (TPSA) is 32.3 Å². The molecule has 0 amide bonds. The molecule has 1 rings (SSSR count). The Labute approximate surface area is 100 Å². The van der Waals surface area contributed by atoms with Crippen molar-refractivity contribution in [2.45, 2.75) is 32.4 Å². The maximum atomic E-state index is 13.0. The lowest BCUT2D eigenvalue weighted by molar-refractivity contribution is 0.230. The van der Waals surface area contributed by atoms with Crippen molar-refractivity contribution >= 4 is 11.6 Å². The molecule has 2 nitrogen and oxygen atoms in total. The van der Waals surface area contributed by atoms with Crippen LogP contribution in [0.25, 0.3) is 0 Å². The predicted octanol–water partition coefficient (Wildman–Crippen LogP) is 2.90. The molecule has 90 valence electrons. The fourth-order valence-corrected chi connectivity index (χ4v) is 1.72. The number of rotatable bonds is 5. The summed E-state index contributed by atoms with van der Waals surface area (Å²) < 4.78 is 13.0. The summed E-state index contributed by atoms with van der Waals surface area (Å²) in [4.78, 5) is 0. The van der Waals surface area contributed by atoms with E-state index in [9.17, 15) is 4.39 Å². The Balaban J connectivity index is 2.72. The first-order valence-corrected chi connectivity index (χ1v) is 5.78. The molecule has 0 aliphatic heterocycles. The average molecular weight is 246 g/mol. The highest BCUT2D eigenvalue weighted by molar-refractivity contribution is 6.30. The molecule has 0 spiro atoms. The van der Waals surface area contributed by atoms with E-state index in [0.29, 0.717) is 0 Å². The summed E-state index contributed by atoms with van der Waals surface area (Å²) in [6.45, 7) is 4.05. The van der Waals surface area contributed by atoms with E-state index >= 15 is 0 Å². The molecule has 1 aromatic rings. The van der Waals surface area contributed by atoms with E-state index in [0.717, 1.165) is 12.0 Å². The SMILES string of the molecule is CCC(CO)NC(C)c1ccc(F)c(Cl)c1. The van der Waals surface area contributed by atoms with Gasteiger partial charge in [0.2, 0.25) is 0 Å². The smallest absolute Gasteiger partial charge is 0.141 e. The van der Waals surface area contributed by atoms with E-state index < -0.39 is 5.82 Å². The number of halogens is 2. The number of aliphatic hydroxyl groups excluding tert-OH is 1. The van der Waals surface area contributed by atoms with Crippen LogP contribution >= 0.6 is 11.6 Å². The highest BCUT2D eigenvalue weighted by Gasteiger charge is 2.12. The highest BCUT2D eigenvalue weighted by atomic mass is 35.5. The van der Waals surface area contributed by atoms with Gasteiger partial charge in [-0.3, -0.25) is 0 Å². The number of nitrogens with one attached hydrogen (secondary N) is 1. The number of hydrogen-bond acceptors (Lipinski definition) is 2. The van der Waals surface area contributed by atoms with E-state index in [2.05, 4.69) is 5.32 Å². The van der Waals surface area contributed by atoms with Crippen molar-refractivity contribution in [3.8, 4) is 0 Å². The third-order valence-corrected chi connectivity index (χ3v) is 2.93. The molecule has 4 heteroatoms.